The van der Waals surface area contributed by atoms with Gasteiger partial charge in [-0.3, -0.25) is 9.24 Å². The zero-order valence-electron chi connectivity index (χ0n) is 14.3. The predicted molar refractivity (Wildman–Crippen MR) is 104 cm³/mol. The van der Waals surface area contributed by atoms with Crippen molar-refractivity contribution in [3.05, 3.63) is 84.4 Å². The molecule has 0 bridgehead atoms. The average molecular weight is 346 g/mol. The normalized spacial score (nSPS) is 13.2. The Labute approximate surface area is 148 Å². The molecule has 0 radical (unpaired) electrons. The highest BCUT2D eigenvalue weighted by Gasteiger charge is 2.34. The van der Waals surface area contributed by atoms with Gasteiger partial charge in [-0.15, -0.1) is 0 Å². The molecule has 4 heteroatoms. The van der Waals surface area contributed by atoms with Gasteiger partial charge in [0, 0.05) is 10.6 Å². The summed E-state index contributed by atoms with van der Waals surface area (Å²) in [6.45, 7) is 0. The van der Waals surface area contributed by atoms with Crippen molar-refractivity contribution in [2.24, 2.45) is 0 Å². The maximum Gasteiger partial charge on any atom is 0.208 e. The SMILES string of the molecule is CN(C)P(=O)(c1ccccc1C#N)c1ccccc1-c1ccccc1. The van der Waals surface area contributed by atoms with Crippen LogP contribution in [0.2, 0.25) is 0 Å². The van der Waals surface area contributed by atoms with E-state index in [2.05, 4.69) is 6.07 Å². The molecule has 3 rings (SSSR count). The molecule has 0 N–H and O–H groups in total. The smallest absolute Gasteiger partial charge is 0.208 e. The summed E-state index contributed by atoms with van der Waals surface area (Å²) >= 11 is 0. The van der Waals surface area contributed by atoms with Crippen molar-refractivity contribution < 1.29 is 4.57 Å². The van der Waals surface area contributed by atoms with Gasteiger partial charge in [-0.1, -0.05) is 60.7 Å². The Morgan fingerprint density at radius 2 is 1.36 bits per heavy atom. The minimum absolute atomic E-state index is 0.447. The average Bonchev–Trinajstić information content (AvgIpc) is 2.68. The van der Waals surface area contributed by atoms with Crippen molar-refractivity contribution in [3.8, 4) is 17.2 Å². The van der Waals surface area contributed by atoms with E-state index < -0.39 is 7.29 Å². The quantitative estimate of drug-likeness (QED) is 0.670. The highest BCUT2D eigenvalue weighted by Crippen LogP contribution is 2.48. The lowest BCUT2D eigenvalue weighted by molar-refractivity contribution is 0.533. The van der Waals surface area contributed by atoms with Gasteiger partial charge in [0.15, 0.2) is 0 Å². The molecule has 3 aromatic rings. The Morgan fingerprint density at radius 3 is 2.00 bits per heavy atom. The molecule has 0 aliphatic heterocycles. The summed E-state index contributed by atoms with van der Waals surface area (Å²) in [6.07, 6.45) is 0. The monoisotopic (exact) mass is 346 g/mol. The van der Waals surface area contributed by atoms with Gasteiger partial charge in [-0.25, -0.2) is 0 Å². The molecular formula is C21H19N2OP. The van der Waals surface area contributed by atoms with Crippen molar-refractivity contribution in [1.82, 2.24) is 4.67 Å². The number of hydrogen-bond acceptors (Lipinski definition) is 2. The van der Waals surface area contributed by atoms with Crippen molar-refractivity contribution >= 4 is 17.9 Å². The second kappa shape index (κ2) is 7.07. The zero-order chi connectivity index (χ0) is 17.9. The van der Waals surface area contributed by atoms with Crippen LogP contribution in [-0.2, 0) is 4.57 Å². The molecule has 1 atom stereocenters. The standard InChI is InChI=1S/C21H19N2OP/c1-23(2)25(24,20-14-8-6-12-18(20)16-22)21-15-9-7-13-19(21)17-10-4-3-5-11-17/h3-15H,1-2H3. The molecule has 25 heavy (non-hydrogen) atoms. The third-order valence-corrected chi connectivity index (χ3v) is 7.44. The molecule has 0 fully saturated rings. The molecule has 124 valence electrons. The van der Waals surface area contributed by atoms with Gasteiger partial charge in [0.05, 0.1) is 11.6 Å². The second-order valence-corrected chi connectivity index (χ2v) is 8.85. The minimum Gasteiger partial charge on any atom is -0.296 e. The van der Waals surface area contributed by atoms with Gasteiger partial charge in [-0.2, -0.15) is 5.26 Å². The van der Waals surface area contributed by atoms with Gasteiger partial charge in [0.25, 0.3) is 0 Å². The van der Waals surface area contributed by atoms with Crippen LogP contribution in [-0.4, -0.2) is 18.8 Å². The lowest BCUT2D eigenvalue weighted by atomic mass is 10.1. The lowest BCUT2D eigenvalue weighted by Gasteiger charge is -2.28. The first-order valence-corrected chi connectivity index (χ1v) is 9.67. The number of nitrogens with zero attached hydrogens (tertiary/aromatic N) is 2. The zero-order valence-corrected chi connectivity index (χ0v) is 15.1. The first-order chi connectivity index (χ1) is 12.1. The second-order valence-electron chi connectivity index (χ2n) is 5.94. The summed E-state index contributed by atoms with van der Waals surface area (Å²) in [4.78, 5) is 0. The van der Waals surface area contributed by atoms with Gasteiger partial charge in [-0.05, 0) is 43.4 Å². The molecule has 0 amide bonds. The van der Waals surface area contributed by atoms with E-state index in [9.17, 15) is 9.83 Å². The molecule has 0 aromatic heterocycles. The van der Waals surface area contributed by atoms with E-state index in [0.29, 0.717) is 10.9 Å². The Hall–Kier alpha value is -2.66. The largest absolute Gasteiger partial charge is 0.296 e. The molecule has 0 heterocycles. The molecule has 1 unspecified atom stereocenters. The van der Waals surface area contributed by atoms with Crippen molar-refractivity contribution in [2.45, 2.75) is 0 Å². The maximum absolute atomic E-state index is 14.3. The van der Waals surface area contributed by atoms with E-state index in [-0.39, 0.29) is 0 Å². The molecule has 0 aliphatic rings. The summed E-state index contributed by atoms with van der Waals surface area (Å²) in [5, 5.41) is 10.8. The van der Waals surface area contributed by atoms with E-state index >= 15 is 0 Å². The Balaban J connectivity index is 2.32. The Kier molecular flexibility index (Phi) is 4.86. The van der Waals surface area contributed by atoms with Gasteiger partial charge in [0.2, 0.25) is 7.29 Å². The van der Waals surface area contributed by atoms with Crippen molar-refractivity contribution in [2.75, 3.05) is 14.1 Å². The van der Waals surface area contributed by atoms with E-state index in [1.54, 1.807) is 37.0 Å². The van der Waals surface area contributed by atoms with Crippen molar-refractivity contribution in [3.63, 3.8) is 0 Å². The summed E-state index contributed by atoms with van der Waals surface area (Å²) in [5.41, 5.74) is 2.38. The van der Waals surface area contributed by atoms with E-state index in [4.69, 9.17) is 0 Å². The maximum atomic E-state index is 14.3. The summed E-state index contributed by atoms with van der Waals surface area (Å²) in [6, 6.07) is 27.0. The molecule has 0 aliphatic carbocycles. The van der Waals surface area contributed by atoms with Crippen LogP contribution in [0.1, 0.15) is 5.56 Å². The minimum atomic E-state index is -3.14. The fourth-order valence-corrected chi connectivity index (χ4v) is 5.67. The highest BCUT2D eigenvalue weighted by molar-refractivity contribution is 7.76. The predicted octanol–water partition coefficient (Wildman–Crippen LogP) is 4.02. The van der Waals surface area contributed by atoms with Gasteiger partial charge >= 0.3 is 0 Å². The van der Waals surface area contributed by atoms with Crippen LogP contribution in [0.5, 0.6) is 0 Å². The lowest BCUT2D eigenvalue weighted by Crippen LogP contribution is -2.29. The van der Waals surface area contributed by atoms with E-state index in [1.807, 2.05) is 60.7 Å². The molecule has 0 saturated heterocycles. The van der Waals surface area contributed by atoms with Crippen LogP contribution in [0, 0.1) is 11.3 Å². The molecular weight excluding hydrogens is 327 g/mol. The van der Waals surface area contributed by atoms with Crippen molar-refractivity contribution in [1.29, 1.82) is 5.26 Å². The number of hydrogen-bond donors (Lipinski definition) is 0. The highest BCUT2D eigenvalue weighted by atomic mass is 31.2. The first-order valence-electron chi connectivity index (χ1n) is 8.01. The third-order valence-electron chi connectivity index (χ3n) is 4.23. The molecule has 3 aromatic carbocycles. The van der Waals surface area contributed by atoms with Crippen LogP contribution < -0.4 is 10.6 Å². The first kappa shape index (κ1) is 17.2. The summed E-state index contributed by atoms with van der Waals surface area (Å²) < 4.78 is 16.0. The van der Waals surface area contributed by atoms with Gasteiger partial charge in [0.1, 0.15) is 0 Å². The molecule has 0 saturated carbocycles. The van der Waals surface area contributed by atoms with E-state index in [0.717, 1.165) is 16.4 Å². The van der Waals surface area contributed by atoms with E-state index in [1.165, 1.54) is 0 Å². The summed E-state index contributed by atoms with van der Waals surface area (Å²) in [7, 11) is 0.462. The number of nitriles is 1. The Morgan fingerprint density at radius 1 is 0.800 bits per heavy atom. The summed E-state index contributed by atoms with van der Waals surface area (Å²) in [5.74, 6) is 0. The van der Waals surface area contributed by atoms with Crippen LogP contribution in [0.4, 0.5) is 0 Å². The van der Waals surface area contributed by atoms with Crippen LogP contribution >= 0.6 is 7.29 Å². The van der Waals surface area contributed by atoms with Crippen LogP contribution in [0.3, 0.4) is 0 Å². The fraction of sp³-hybridized carbons (Fsp3) is 0.0952. The number of rotatable bonds is 4. The third kappa shape index (κ3) is 3.03. The fourth-order valence-electron chi connectivity index (χ4n) is 2.99. The Bertz CT molecular complexity index is 974. The van der Waals surface area contributed by atoms with Crippen LogP contribution in [0.15, 0.2) is 78.9 Å². The topological polar surface area (TPSA) is 44.1 Å². The van der Waals surface area contributed by atoms with Gasteiger partial charge < -0.3 is 0 Å². The molecule has 3 nitrogen and oxygen atoms in total. The molecule has 0 spiro atoms. The number of benzene rings is 3. The van der Waals surface area contributed by atoms with Crippen LogP contribution in [0.25, 0.3) is 11.1 Å².